The molecule has 2 N–H and O–H groups in total. The van der Waals surface area contributed by atoms with Crippen LogP contribution < -0.4 is 10.6 Å². The number of hydrogen-bond acceptors (Lipinski definition) is 5. The summed E-state index contributed by atoms with van der Waals surface area (Å²) >= 11 is 4.34. The number of benzene rings is 3. The van der Waals surface area contributed by atoms with E-state index in [4.69, 9.17) is 4.74 Å². The van der Waals surface area contributed by atoms with E-state index in [9.17, 15) is 14.4 Å². The van der Waals surface area contributed by atoms with Crippen LogP contribution in [0.25, 0.3) is 10.8 Å². The number of ether oxygens (including phenoxy) is 1. The van der Waals surface area contributed by atoms with Crippen molar-refractivity contribution < 1.29 is 19.1 Å². The topological polar surface area (TPSA) is 87.7 Å². The Morgan fingerprint density at radius 3 is 2.26 bits per heavy atom. The van der Waals surface area contributed by atoms with E-state index in [-0.39, 0.29) is 23.6 Å². The standard InChI is InChI=1S/C30H35N3O4S/c1-19-9-11-21(12-10-19)26(27(34)31-23-14-13-20-7-5-6-8-22(20)17-23)33(24-15-16-24)28(35)25(18-38)32-29(36)37-30(2,3)4/h5-14,17,24-26,38H,15-16,18H2,1-4H3,(H,31,34)(H,32,36). The molecule has 1 aliphatic rings. The number of nitrogens with one attached hydrogen (secondary N) is 2. The molecule has 3 aromatic carbocycles. The average Bonchev–Trinajstić information content (AvgIpc) is 3.70. The first-order chi connectivity index (χ1) is 18.1. The van der Waals surface area contributed by atoms with Gasteiger partial charge in [-0.1, -0.05) is 60.2 Å². The number of hydrogen-bond donors (Lipinski definition) is 3. The highest BCUT2D eigenvalue weighted by Crippen LogP contribution is 2.36. The van der Waals surface area contributed by atoms with Gasteiger partial charge in [0, 0.05) is 17.5 Å². The molecule has 2 unspecified atom stereocenters. The van der Waals surface area contributed by atoms with Crippen molar-refractivity contribution >= 4 is 47.0 Å². The number of amides is 3. The summed E-state index contributed by atoms with van der Waals surface area (Å²) < 4.78 is 5.36. The van der Waals surface area contributed by atoms with E-state index < -0.39 is 23.8 Å². The van der Waals surface area contributed by atoms with Gasteiger partial charge < -0.3 is 20.3 Å². The second-order valence-corrected chi connectivity index (χ2v) is 11.1. The lowest BCUT2D eigenvalue weighted by atomic mass is 10.0. The predicted molar refractivity (Wildman–Crippen MR) is 153 cm³/mol. The number of carbonyl (C=O) groups is 3. The Morgan fingerprint density at radius 1 is 1.00 bits per heavy atom. The summed E-state index contributed by atoms with van der Waals surface area (Å²) in [5.41, 5.74) is 1.68. The van der Waals surface area contributed by atoms with Gasteiger partial charge in [0.05, 0.1) is 0 Å². The van der Waals surface area contributed by atoms with E-state index in [0.717, 1.165) is 29.2 Å². The fourth-order valence-electron chi connectivity index (χ4n) is 4.35. The van der Waals surface area contributed by atoms with Crippen LogP contribution in [-0.2, 0) is 14.3 Å². The number of alkyl carbamates (subject to hydrolysis) is 1. The third-order valence-electron chi connectivity index (χ3n) is 6.30. The summed E-state index contributed by atoms with van der Waals surface area (Å²) in [4.78, 5) is 41.9. The van der Waals surface area contributed by atoms with Crippen molar-refractivity contribution in [1.82, 2.24) is 10.2 Å². The Balaban J connectivity index is 1.65. The van der Waals surface area contributed by atoms with Gasteiger partial charge in [0.15, 0.2) is 0 Å². The van der Waals surface area contributed by atoms with Gasteiger partial charge in [-0.25, -0.2) is 4.79 Å². The molecule has 1 aliphatic carbocycles. The van der Waals surface area contributed by atoms with Crippen molar-refractivity contribution in [3.8, 4) is 0 Å². The first kappa shape index (κ1) is 27.5. The van der Waals surface area contributed by atoms with Crippen molar-refractivity contribution in [2.75, 3.05) is 11.1 Å². The second-order valence-electron chi connectivity index (χ2n) is 10.7. The first-order valence-corrected chi connectivity index (χ1v) is 13.5. The summed E-state index contributed by atoms with van der Waals surface area (Å²) in [6.07, 6.45) is 0.861. The molecule has 200 valence electrons. The Labute approximate surface area is 229 Å². The second kappa shape index (κ2) is 11.5. The SMILES string of the molecule is Cc1ccc(C(C(=O)Nc2ccc3ccccc3c2)N(C(=O)C(CS)NC(=O)OC(C)(C)C)C2CC2)cc1. The molecule has 4 rings (SSSR count). The van der Waals surface area contributed by atoms with Crippen molar-refractivity contribution in [2.24, 2.45) is 0 Å². The third kappa shape index (κ3) is 6.86. The number of carbonyl (C=O) groups excluding carboxylic acids is 3. The van der Waals surface area contributed by atoms with E-state index in [0.29, 0.717) is 11.3 Å². The lowest BCUT2D eigenvalue weighted by Gasteiger charge is -2.34. The van der Waals surface area contributed by atoms with Crippen molar-refractivity contribution in [3.63, 3.8) is 0 Å². The molecule has 0 heterocycles. The maximum absolute atomic E-state index is 13.9. The molecular weight excluding hydrogens is 498 g/mol. The highest BCUT2D eigenvalue weighted by molar-refractivity contribution is 7.80. The minimum absolute atomic E-state index is 0.0637. The summed E-state index contributed by atoms with van der Waals surface area (Å²) in [5, 5.41) is 7.75. The maximum atomic E-state index is 13.9. The van der Waals surface area contributed by atoms with Crippen LogP contribution in [0.4, 0.5) is 10.5 Å². The smallest absolute Gasteiger partial charge is 0.408 e. The fraction of sp³-hybridized carbons (Fsp3) is 0.367. The van der Waals surface area contributed by atoms with Gasteiger partial charge in [0.2, 0.25) is 5.91 Å². The minimum atomic E-state index is -0.949. The third-order valence-corrected chi connectivity index (χ3v) is 6.67. The zero-order valence-corrected chi connectivity index (χ0v) is 23.1. The van der Waals surface area contributed by atoms with Gasteiger partial charge in [-0.05, 0) is 69.0 Å². The van der Waals surface area contributed by atoms with Crippen molar-refractivity contribution in [1.29, 1.82) is 0 Å². The van der Waals surface area contributed by atoms with E-state index in [1.165, 1.54) is 0 Å². The highest BCUT2D eigenvalue weighted by Gasteiger charge is 2.43. The van der Waals surface area contributed by atoms with Gasteiger partial charge >= 0.3 is 6.09 Å². The normalized spacial score (nSPS) is 14.9. The molecule has 0 radical (unpaired) electrons. The highest BCUT2D eigenvalue weighted by atomic mass is 32.1. The zero-order valence-electron chi connectivity index (χ0n) is 22.2. The number of anilines is 1. The molecule has 8 heteroatoms. The molecule has 1 saturated carbocycles. The molecule has 0 spiro atoms. The van der Waals surface area contributed by atoms with E-state index in [1.807, 2.05) is 73.7 Å². The Bertz CT molecular complexity index is 1320. The van der Waals surface area contributed by atoms with E-state index in [1.54, 1.807) is 25.7 Å². The van der Waals surface area contributed by atoms with Crippen LogP contribution in [0.15, 0.2) is 66.7 Å². The lowest BCUT2D eigenvalue weighted by Crippen LogP contribution is -2.54. The van der Waals surface area contributed by atoms with Gasteiger partial charge in [-0.3, -0.25) is 9.59 Å². The Hall–Kier alpha value is -3.52. The van der Waals surface area contributed by atoms with Crippen molar-refractivity contribution in [3.05, 3.63) is 77.9 Å². The van der Waals surface area contributed by atoms with Gasteiger partial charge in [0.1, 0.15) is 17.7 Å². The van der Waals surface area contributed by atoms with Gasteiger partial charge in [0.25, 0.3) is 5.91 Å². The molecule has 38 heavy (non-hydrogen) atoms. The summed E-state index contributed by atoms with van der Waals surface area (Å²) in [6, 6.07) is 19.3. The van der Waals surface area contributed by atoms with Crippen molar-refractivity contribution in [2.45, 2.75) is 64.3 Å². The molecule has 0 aliphatic heterocycles. The molecule has 2 atom stereocenters. The Kier molecular flexibility index (Phi) is 8.31. The monoisotopic (exact) mass is 533 g/mol. The zero-order chi connectivity index (χ0) is 27.4. The van der Waals surface area contributed by atoms with E-state index in [2.05, 4.69) is 23.3 Å². The maximum Gasteiger partial charge on any atom is 0.408 e. The molecule has 3 amide bonds. The van der Waals surface area contributed by atoms with Gasteiger partial charge in [-0.15, -0.1) is 0 Å². The minimum Gasteiger partial charge on any atom is -0.444 e. The summed E-state index contributed by atoms with van der Waals surface area (Å²) in [5.74, 6) is -0.624. The number of fused-ring (bicyclic) bond motifs is 1. The van der Waals surface area contributed by atoms with Crippen LogP contribution in [-0.4, -0.2) is 46.2 Å². The van der Waals surface area contributed by atoms with Crippen LogP contribution in [0.1, 0.15) is 50.8 Å². The number of aryl methyl sites for hydroxylation is 1. The lowest BCUT2D eigenvalue weighted by molar-refractivity contribution is -0.141. The number of rotatable bonds is 8. The van der Waals surface area contributed by atoms with E-state index >= 15 is 0 Å². The van der Waals surface area contributed by atoms with Crippen LogP contribution in [0.3, 0.4) is 0 Å². The molecule has 0 bridgehead atoms. The molecule has 1 fully saturated rings. The van der Waals surface area contributed by atoms with Crippen LogP contribution in [0.5, 0.6) is 0 Å². The first-order valence-electron chi connectivity index (χ1n) is 12.8. The molecule has 0 aromatic heterocycles. The summed E-state index contributed by atoms with van der Waals surface area (Å²) in [6.45, 7) is 7.24. The van der Waals surface area contributed by atoms with Crippen LogP contribution in [0, 0.1) is 6.92 Å². The van der Waals surface area contributed by atoms with Gasteiger partial charge in [-0.2, -0.15) is 12.6 Å². The largest absolute Gasteiger partial charge is 0.444 e. The van der Waals surface area contributed by atoms with Crippen LogP contribution in [0.2, 0.25) is 0 Å². The fourth-order valence-corrected chi connectivity index (χ4v) is 4.60. The quantitative estimate of drug-likeness (QED) is 0.327. The number of thiol groups is 1. The average molecular weight is 534 g/mol. The molecule has 0 saturated heterocycles. The molecular formula is C30H35N3O4S. The Morgan fingerprint density at radius 2 is 1.66 bits per heavy atom. The molecule has 3 aromatic rings. The van der Waals surface area contributed by atoms with Crippen LogP contribution >= 0.6 is 12.6 Å². The molecule has 7 nitrogen and oxygen atoms in total. The number of nitrogens with zero attached hydrogens (tertiary/aromatic N) is 1. The predicted octanol–water partition coefficient (Wildman–Crippen LogP) is 5.64. The summed E-state index contributed by atoms with van der Waals surface area (Å²) in [7, 11) is 0.